The highest BCUT2D eigenvalue weighted by molar-refractivity contribution is 5.66. The van der Waals surface area contributed by atoms with Crippen LogP contribution in [-0.4, -0.2) is 50.7 Å². The van der Waals surface area contributed by atoms with Gasteiger partial charge in [-0.25, -0.2) is 0 Å². The van der Waals surface area contributed by atoms with E-state index in [9.17, 15) is 4.79 Å². The number of rotatable bonds is 23. The Morgan fingerprint density at radius 3 is 1.60 bits per heavy atom. The van der Waals surface area contributed by atoms with E-state index in [-0.39, 0.29) is 24.7 Å². The molecule has 0 rings (SSSR count). The first kappa shape index (κ1) is 29.4. The van der Waals surface area contributed by atoms with Crippen molar-refractivity contribution in [3.8, 4) is 0 Å². The monoisotopic (exact) mass is 430 g/mol. The molecule has 0 heterocycles. The van der Waals surface area contributed by atoms with Gasteiger partial charge in [-0.3, -0.25) is 4.79 Å². The van der Waals surface area contributed by atoms with E-state index in [1.54, 1.807) is 14.2 Å². The zero-order chi connectivity index (χ0) is 22.5. The summed E-state index contributed by atoms with van der Waals surface area (Å²) in [5.41, 5.74) is 0. The van der Waals surface area contributed by atoms with Gasteiger partial charge in [-0.15, -0.1) is 0 Å². The fourth-order valence-electron chi connectivity index (χ4n) is 4.04. The molecule has 30 heavy (non-hydrogen) atoms. The van der Waals surface area contributed by atoms with Gasteiger partial charge in [0.1, 0.15) is 0 Å². The lowest BCUT2D eigenvalue weighted by Gasteiger charge is -2.24. The minimum Gasteiger partial charge on any atom is -0.481 e. The lowest BCUT2D eigenvalue weighted by Crippen LogP contribution is -2.23. The highest BCUT2D eigenvalue weighted by Gasteiger charge is 2.18. The maximum absolute atomic E-state index is 10.5. The van der Waals surface area contributed by atoms with E-state index in [4.69, 9.17) is 19.3 Å². The molecule has 0 spiro atoms. The Labute approximate surface area is 186 Å². The molecule has 3 atom stereocenters. The van der Waals surface area contributed by atoms with Gasteiger partial charge in [-0.05, 0) is 38.5 Å². The number of ether oxygens (including phenoxy) is 3. The average molecular weight is 431 g/mol. The topological polar surface area (TPSA) is 65.0 Å². The van der Waals surface area contributed by atoms with Gasteiger partial charge in [-0.2, -0.15) is 0 Å². The fourth-order valence-corrected chi connectivity index (χ4v) is 4.04. The van der Waals surface area contributed by atoms with Crippen LogP contribution in [0.2, 0.25) is 0 Å². The van der Waals surface area contributed by atoms with Crippen molar-refractivity contribution in [1.82, 2.24) is 0 Å². The van der Waals surface area contributed by atoms with Crippen molar-refractivity contribution in [3.63, 3.8) is 0 Å². The van der Waals surface area contributed by atoms with Crippen LogP contribution in [0.3, 0.4) is 0 Å². The van der Waals surface area contributed by atoms with Crippen LogP contribution in [0.4, 0.5) is 0 Å². The third-order valence-electron chi connectivity index (χ3n) is 6.13. The highest BCUT2D eigenvalue weighted by Crippen LogP contribution is 2.20. The van der Waals surface area contributed by atoms with Crippen LogP contribution in [-0.2, 0) is 19.0 Å². The molecule has 0 saturated carbocycles. The molecule has 0 aliphatic rings. The summed E-state index contributed by atoms with van der Waals surface area (Å²) in [7, 11) is 5.41. The Morgan fingerprint density at radius 1 is 0.633 bits per heavy atom. The summed E-state index contributed by atoms with van der Waals surface area (Å²) >= 11 is 0. The first-order chi connectivity index (χ1) is 14.6. The average Bonchev–Trinajstić information content (AvgIpc) is 2.74. The van der Waals surface area contributed by atoms with Gasteiger partial charge < -0.3 is 19.3 Å². The number of hydrogen-bond acceptors (Lipinski definition) is 4. The van der Waals surface area contributed by atoms with Gasteiger partial charge in [0.05, 0.1) is 18.3 Å². The first-order valence-corrected chi connectivity index (χ1v) is 12.4. The summed E-state index contributed by atoms with van der Waals surface area (Å²) in [5.74, 6) is -0.697. The summed E-state index contributed by atoms with van der Waals surface area (Å²) < 4.78 is 17.1. The molecule has 0 aromatic carbocycles. The molecule has 0 aliphatic heterocycles. The number of aliphatic carboxylic acids is 1. The standard InChI is InChI=1S/C25H50O5/c1-5-6-7-8-9-10-14-17-23(29-3)21-24(30-4)20-19-22(28-2)16-13-11-12-15-18-25(26)27/h22-24H,5-21H2,1-4H3,(H,26,27). The van der Waals surface area contributed by atoms with E-state index in [0.29, 0.717) is 0 Å². The highest BCUT2D eigenvalue weighted by atomic mass is 16.5. The SMILES string of the molecule is CCCCCCCCCC(CC(CCC(CCCCCCC(=O)O)OC)OC)OC. The molecule has 0 aliphatic carbocycles. The second-order valence-corrected chi connectivity index (χ2v) is 8.64. The van der Waals surface area contributed by atoms with Gasteiger partial charge in [0.2, 0.25) is 0 Å². The Balaban J connectivity index is 3.97. The van der Waals surface area contributed by atoms with Crippen LogP contribution in [0, 0.1) is 0 Å². The summed E-state index contributed by atoms with van der Waals surface area (Å²) in [4.78, 5) is 10.5. The van der Waals surface area contributed by atoms with E-state index < -0.39 is 5.97 Å². The van der Waals surface area contributed by atoms with Crippen molar-refractivity contribution in [2.75, 3.05) is 21.3 Å². The molecule has 0 bridgehead atoms. The molecule has 0 saturated heterocycles. The van der Waals surface area contributed by atoms with Crippen LogP contribution in [0.25, 0.3) is 0 Å². The van der Waals surface area contributed by atoms with Crippen LogP contribution in [0.1, 0.15) is 116 Å². The van der Waals surface area contributed by atoms with Gasteiger partial charge in [0.25, 0.3) is 0 Å². The summed E-state index contributed by atoms with van der Waals surface area (Å²) in [5, 5.41) is 8.68. The molecular weight excluding hydrogens is 380 g/mol. The van der Waals surface area contributed by atoms with E-state index >= 15 is 0 Å². The number of hydrogen-bond donors (Lipinski definition) is 1. The zero-order valence-corrected chi connectivity index (χ0v) is 20.3. The summed E-state index contributed by atoms with van der Waals surface area (Å²) in [6.45, 7) is 2.26. The molecule has 0 fully saturated rings. The third-order valence-corrected chi connectivity index (χ3v) is 6.13. The lowest BCUT2D eigenvalue weighted by molar-refractivity contribution is -0.137. The predicted octanol–water partition coefficient (Wildman–Crippen LogP) is 6.77. The summed E-state index contributed by atoms with van der Waals surface area (Å²) in [6.07, 6.45) is 19.3. The van der Waals surface area contributed by atoms with Crippen LogP contribution in [0.5, 0.6) is 0 Å². The zero-order valence-electron chi connectivity index (χ0n) is 20.3. The Morgan fingerprint density at radius 2 is 1.07 bits per heavy atom. The van der Waals surface area contributed by atoms with Gasteiger partial charge in [0.15, 0.2) is 0 Å². The second-order valence-electron chi connectivity index (χ2n) is 8.64. The molecule has 5 nitrogen and oxygen atoms in total. The van der Waals surface area contributed by atoms with Crippen molar-refractivity contribution in [3.05, 3.63) is 0 Å². The smallest absolute Gasteiger partial charge is 0.303 e. The molecule has 1 N–H and O–H groups in total. The van der Waals surface area contributed by atoms with Crippen LogP contribution in [0.15, 0.2) is 0 Å². The molecule has 5 heteroatoms. The maximum Gasteiger partial charge on any atom is 0.303 e. The normalized spacial score (nSPS) is 14.5. The van der Waals surface area contributed by atoms with E-state index in [0.717, 1.165) is 57.8 Å². The largest absolute Gasteiger partial charge is 0.481 e. The number of carboxylic acids is 1. The number of carboxylic acid groups (broad SMARTS) is 1. The molecule has 180 valence electrons. The first-order valence-electron chi connectivity index (χ1n) is 12.4. The number of methoxy groups -OCH3 is 3. The molecular formula is C25H50O5. The van der Waals surface area contributed by atoms with Gasteiger partial charge in [0, 0.05) is 27.8 Å². The van der Waals surface area contributed by atoms with Gasteiger partial charge >= 0.3 is 5.97 Å². The van der Waals surface area contributed by atoms with Crippen molar-refractivity contribution >= 4 is 5.97 Å². The fraction of sp³-hybridized carbons (Fsp3) is 0.960. The lowest BCUT2D eigenvalue weighted by atomic mass is 9.98. The van der Waals surface area contributed by atoms with Crippen LogP contribution < -0.4 is 0 Å². The van der Waals surface area contributed by atoms with E-state index in [2.05, 4.69) is 6.92 Å². The number of carbonyl (C=O) groups is 1. The molecule has 0 aromatic heterocycles. The van der Waals surface area contributed by atoms with Crippen molar-refractivity contribution in [2.24, 2.45) is 0 Å². The number of unbranched alkanes of at least 4 members (excludes halogenated alkanes) is 9. The Bertz CT molecular complexity index is 375. The van der Waals surface area contributed by atoms with Gasteiger partial charge in [-0.1, -0.05) is 71.1 Å². The Kier molecular flexibility index (Phi) is 21.1. The van der Waals surface area contributed by atoms with Crippen molar-refractivity contribution in [1.29, 1.82) is 0 Å². The van der Waals surface area contributed by atoms with Crippen molar-refractivity contribution in [2.45, 2.75) is 134 Å². The molecule has 0 radical (unpaired) electrons. The minimum absolute atomic E-state index is 0.215. The second kappa shape index (κ2) is 21.6. The molecule has 0 aromatic rings. The quantitative estimate of drug-likeness (QED) is 0.181. The molecule has 3 unspecified atom stereocenters. The minimum atomic E-state index is -0.697. The summed E-state index contributed by atoms with van der Waals surface area (Å²) in [6, 6.07) is 0. The Hall–Kier alpha value is -0.650. The van der Waals surface area contributed by atoms with Crippen molar-refractivity contribution < 1.29 is 24.1 Å². The predicted molar refractivity (Wildman–Crippen MR) is 124 cm³/mol. The molecule has 0 amide bonds. The third kappa shape index (κ3) is 18.1. The van der Waals surface area contributed by atoms with E-state index in [1.807, 2.05) is 7.11 Å². The van der Waals surface area contributed by atoms with Crippen LogP contribution >= 0.6 is 0 Å². The maximum atomic E-state index is 10.5. The van der Waals surface area contributed by atoms with E-state index in [1.165, 1.54) is 44.9 Å².